The molecular formula is C19H30O3S. The van der Waals surface area contributed by atoms with Gasteiger partial charge in [0, 0.05) is 0 Å². The van der Waals surface area contributed by atoms with Gasteiger partial charge in [-0.1, -0.05) is 62.3 Å². The molecule has 3 nitrogen and oxygen atoms in total. The second-order valence-electron chi connectivity index (χ2n) is 5.99. The summed E-state index contributed by atoms with van der Waals surface area (Å²) in [5.74, 6) is 0. The third-order valence-electron chi connectivity index (χ3n) is 3.85. The minimum atomic E-state index is -3.60. The molecule has 0 atom stereocenters. The van der Waals surface area contributed by atoms with E-state index in [1.807, 2.05) is 13.0 Å². The van der Waals surface area contributed by atoms with Crippen LogP contribution in [-0.2, 0) is 14.3 Å². The zero-order valence-corrected chi connectivity index (χ0v) is 15.1. The first-order chi connectivity index (χ1) is 11.1. The Balaban J connectivity index is 2.06. The van der Waals surface area contributed by atoms with Gasteiger partial charge in [-0.25, -0.2) is 0 Å². The van der Waals surface area contributed by atoms with Crippen molar-refractivity contribution in [3.63, 3.8) is 0 Å². The molecule has 23 heavy (non-hydrogen) atoms. The number of aryl methyl sites for hydroxylation is 1. The van der Waals surface area contributed by atoms with Crippen LogP contribution in [0.4, 0.5) is 0 Å². The molecule has 0 amide bonds. The molecule has 0 aliphatic heterocycles. The Morgan fingerprint density at radius 1 is 0.913 bits per heavy atom. The van der Waals surface area contributed by atoms with Crippen LogP contribution in [0.3, 0.4) is 0 Å². The van der Waals surface area contributed by atoms with Crippen molar-refractivity contribution in [1.82, 2.24) is 0 Å². The molecule has 4 heteroatoms. The van der Waals surface area contributed by atoms with Gasteiger partial charge in [-0.05, 0) is 38.3 Å². The van der Waals surface area contributed by atoms with Gasteiger partial charge < -0.3 is 0 Å². The highest BCUT2D eigenvalue weighted by Gasteiger charge is 2.14. The van der Waals surface area contributed by atoms with E-state index < -0.39 is 10.1 Å². The minimum absolute atomic E-state index is 0.239. The molecule has 0 saturated carbocycles. The molecule has 0 spiro atoms. The monoisotopic (exact) mass is 338 g/mol. The first-order valence-corrected chi connectivity index (χ1v) is 10.0. The van der Waals surface area contributed by atoms with Crippen LogP contribution >= 0.6 is 0 Å². The van der Waals surface area contributed by atoms with Crippen molar-refractivity contribution >= 4 is 10.1 Å². The molecular weight excluding hydrogens is 308 g/mol. The average Bonchev–Trinajstić information content (AvgIpc) is 2.53. The van der Waals surface area contributed by atoms with Crippen LogP contribution < -0.4 is 0 Å². The van der Waals surface area contributed by atoms with Crippen molar-refractivity contribution in [1.29, 1.82) is 0 Å². The summed E-state index contributed by atoms with van der Waals surface area (Å²) in [4.78, 5) is 0.239. The number of benzene rings is 1. The first-order valence-electron chi connectivity index (χ1n) is 8.63. The third-order valence-corrected chi connectivity index (χ3v) is 5.18. The zero-order valence-electron chi connectivity index (χ0n) is 14.3. The molecule has 0 aliphatic rings. The number of hydrogen-bond acceptors (Lipinski definition) is 3. The van der Waals surface area contributed by atoms with E-state index in [9.17, 15) is 8.42 Å². The van der Waals surface area contributed by atoms with E-state index in [1.165, 1.54) is 32.1 Å². The highest BCUT2D eigenvalue weighted by Crippen LogP contribution is 2.14. The lowest BCUT2D eigenvalue weighted by Gasteiger charge is -2.06. The largest absolute Gasteiger partial charge is 0.296 e. The van der Waals surface area contributed by atoms with Gasteiger partial charge in [-0.15, -0.1) is 6.58 Å². The fourth-order valence-corrected chi connectivity index (χ4v) is 3.34. The average molecular weight is 339 g/mol. The van der Waals surface area contributed by atoms with Crippen molar-refractivity contribution in [2.24, 2.45) is 0 Å². The van der Waals surface area contributed by atoms with E-state index in [0.717, 1.165) is 31.2 Å². The lowest BCUT2D eigenvalue weighted by molar-refractivity contribution is 0.306. The molecule has 1 aromatic rings. The molecule has 0 radical (unpaired) electrons. The SMILES string of the molecule is C=CCCCCCCCCCCOS(=O)(=O)c1ccc(C)cc1. The lowest BCUT2D eigenvalue weighted by atomic mass is 10.1. The molecule has 1 rings (SSSR count). The summed E-state index contributed by atoms with van der Waals surface area (Å²) >= 11 is 0. The van der Waals surface area contributed by atoms with Crippen molar-refractivity contribution < 1.29 is 12.6 Å². The topological polar surface area (TPSA) is 43.4 Å². The Hall–Kier alpha value is -1.13. The smallest absolute Gasteiger partial charge is 0.266 e. The van der Waals surface area contributed by atoms with E-state index in [4.69, 9.17) is 4.18 Å². The molecule has 1 aromatic carbocycles. The maximum atomic E-state index is 12.0. The Labute approximate surface area is 141 Å². The van der Waals surface area contributed by atoms with E-state index >= 15 is 0 Å². The predicted molar refractivity (Wildman–Crippen MR) is 96.1 cm³/mol. The zero-order chi connectivity index (χ0) is 17.0. The Morgan fingerprint density at radius 3 is 2.00 bits per heavy atom. The maximum Gasteiger partial charge on any atom is 0.296 e. The Kier molecular flexibility index (Phi) is 9.88. The summed E-state index contributed by atoms with van der Waals surface area (Å²) in [6.07, 6.45) is 12.4. The van der Waals surface area contributed by atoms with Crippen LogP contribution in [0.25, 0.3) is 0 Å². The third kappa shape index (κ3) is 8.92. The molecule has 0 fully saturated rings. The Bertz CT molecular complexity index is 532. The minimum Gasteiger partial charge on any atom is -0.266 e. The lowest BCUT2D eigenvalue weighted by Crippen LogP contribution is -2.07. The number of allylic oxidation sites excluding steroid dienone is 1. The van der Waals surface area contributed by atoms with Crippen LogP contribution in [0.2, 0.25) is 0 Å². The van der Waals surface area contributed by atoms with Crippen molar-refractivity contribution in [2.45, 2.75) is 69.6 Å². The molecule has 0 aliphatic carbocycles. The summed E-state index contributed by atoms with van der Waals surface area (Å²) in [5, 5.41) is 0. The summed E-state index contributed by atoms with van der Waals surface area (Å²) in [7, 11) is -3.60. The molecule has 0 unspecified atom stereocenters. The summed E-state index contributed by atoms with van der Waals surface area (Å²) in [6.45, 7) is 5.92. The van der Waals surface area contributed by atoms with Crippen LogP contribution in [0.15, 0.2) is 41.8 Å². The molecule has 0 aromatic heterocycles. The van der Waals surface area contributed by atoms with Gasteiger partial charge >= 0.3 is 0 Å². The van der Waals surface area contributed by atoms with E-state index in [1.54, 1.807) is 24.3 Å². The molecule has 0 saturated heterocycles. The second-order valence-corrected chi connectivity index (χ2v) is 7.61. The summed E-state index contributed by atoms with van der Waals surface area (Å²) in [6, 6.07) is 6.75. The standard InChI is InChI=1S/C19H30O3S/c1-3-4-5-6-7-8-9-10-11-12-17-22-23(20,21)19-15-13-18(2)14-16-19/h3,13-16H,1,4-12,17H2,2H3. The first kappa shape index (κ1) is 19.9. The number of hydrogen-bond donors (Lipinski definition) is 0. The predicted octanol–water partition coefficient (Wildman–Crippen LogP) is 5.40. The van der Waals surface area contributed by atoms with Gasteiger partial charge in [-0.2, -0.15) is 8.42 Å². The number of unbranched alkanes of at least 4 members (excludes halogenated alkanes) is 8. The van der Waals surface area contributed by atoms with Crippen LogP contribution in [0, 0.1) is 6.92 Å². The quantitative estimate of drug-likeness (QED) is 0.275. The fraction of sp³-hybridized carbons (Fsp3) is 0.579. The summed E-state index contributed by atoms with van der Waals surface area (Å²) in [5.41, 5.74) is 1.04. The van der Waals surface area contributed by atoms with Crippen molar-refractivity contribution in [3.05, 3.63) is 42.5 Å². The number of rotatable bonds is 13. The van der Waals surface area contributed by atoms with Crippen molar-refractivity contribution in [3.8, 4) is 0 Å². The highest BCUT2D eigenvalue weighted by atomic mass is 32.2. The Morgan fingerprint density at radius 2 is 1.43 bits per heavy atom. The molecule has 0 bridgehead atoms. The van der Waals surface area contributed by atoms with Crippen LogP contribution in [-0.4, -0.2) is 15.0 Å². The fourth-order valence-electron chi connectivity index (χ4n) is 2.39. The van der Waals surface area contributed by atoms with Crippen LogP contribution in [0.5, 0.6) is 0 Å². The van der Waals surface area contributed by atoms with Gasteiger partial charge in [0.2, 0.25) is 0 Å². The van der Waals surface area contributed by atoms with Gasteiger partial charge in [0.25, 0.3) is 10.1 Å². The van der Waals surface area contributed by atoms with Crippen LogP contribution in [0.1, 0.15) is 63.4 Å². The van der Waals surface area contributed by atoms with E-state index in [0.29, 0.717) is 0 Å². The van der Waals surface area contributed by atoms with Gasteiger partial charge in [-0.3, -0.25) is 4.18 Å². The highest BCUT2D eigenvalue weighted by molar-refractivity contribution is 7.86. The van der Waals surface area contributed by atoms with Gasteiger partial charge in [0.1, 0.15) is 0 Å². The van der Waals surface area contributed by atoms with Crippen molar-refractivity contribution in [2.75, 3.05) is 6.61 Å². The second kappa shape index (κ2) is 11.4. The van der Waals surface area contributed by atoms with Gasteiger partial charge in [0.15, 0.2) is 0 Å². The normalized spacial score (nSPS) is 11.5. The summed E-state index contributed by atoms with van der Waals surface area (Å²) < 4.78 is 29.0. The molecule has 130 valence electrons. The molecule has 0 N–H and O–H groups in total. The van der Waals surface area contributed by atoms with E-state index in [-0.39, 0.29) is 11.5 Å². The maximum absolute atomic E-state index is 12.0. The van der Waals surface area contributed by atoms with E-state index in [2.05, 4.69) is 6.58 Å². The molecule has 0 heterocycles. The van der Waals surface area contributed by atoms with Gasteiger partial charge in [0.05, 0.1) is 11.5 Å².